The molecule has 3 rings (SSSR count). The lowest BCUT2D eigenvalue weighted by Gasteiger charge is -2.50. The van der Waals surface area contributed by atoms with Crippen LogP contribution in [0.5, 0.6) is 0 Å². The number of nitrogens with one attached hydrogen (secondary N) is 2. The number of aliphatic carboxylic acids is 1. The molecule has 89 heavy (non-hydrogen) atoms. The molecule has 0 saturated carbocycles. The molecule has 0 bridgehead atoms. The highest BCUT2D eigenvalue weighted by molar-refractivity contribution is 5.77. The van der Waals surface area contributed by atoms with Gasteiger partial charge in [-0.1, -0.05) is 225 Å². The lowest BCUT2D eigenvalue weighted by Crippen LogP contribution is -2.70. The van der Waals surface area contributed by atoms with Gasteiger partial charge in [-0.3, -0.25) is 9.59 Å². The number of allylic oxidation sites excluding steroid dienone is 1. The number of aliphatic hydroxyl groups excluding tert-OH is 11. The molecule has 0 spiro atoms. The Bertz CT molecular complexity index is 1860. The molecule has 0 aromatic heterocycles. The van der Waals surface area contributed by atoms with E-state index in [9.17, 15) is 75.7 Å². The molecule has 2 amide bonds. The third kappa shape index (κ3) is 30.2. The Morgan fingerprint density at radius 1 is 0.584 bits per heavy atom. The molecule has 14 N–H and O–H groups in total. The summed E-state index contributed by atoms with van der Waals surface area (Å²) in [4.78, 5) is 38.4. The number of hydrogen-bond donors (Lipinski definition) is 14. The van der Waals surface area contributed by atoms with Crippen LogP contribution in [0.1, 0.15) is 252 Å². The van der Waals surface area contributed by atoms with Crippen molar-refractivity contribution >= 4 is 17.8 Å². The molecular weight excluding hydrogens is 1160 g/mol. The first-order chi connectivity index (χ1) is 42.9. The van der Waals surface area contributed by atoms with Gasteiger partial charge in [0, 0.05) is 19.8 Å². The Hall–Kier alpha value is -2.53. The van der Waals surface area contributed by atoms with Gasteiger partial charge in [-0.25, -0.2) is 4.79 Å². The van der Waals surface area contributed by atoms with Crippen molar-refractivity contribution in [2.24, 2.45) is 0 Å². The summed E-state index contributed by atoms with van der Waals surface area (Å²) in [6.07, 6.45) is 15.7. The van der Waals surface area contributed by atoms with Gasteiger partial charge < -0.3 is 100 Å². The van der Waals surface area contributed by atoms with E-state index in [1.165, 1.54) is 161 Å². The smallest absolute Gasteiger partial charge is 0.364 e. The van der Waals surface area contributed by atoms with Gasteiger partial charge in [-0.2, -0.15) is 0 Å². The highest BCUT2D eigenvalue weighted by atomic mass is 16.8. The van der Waals surface area contributed by atoms with Gasteiger partial charge in [0.1, 0.15) is 67.1 Å². The number of aliphatic hydroxyl groups is 11. The predicted molar refractivity (Wildman–Crippen MR) is 334 cm³/mol. The molecule has 3 aliphatic heterocycles. The van der Waals surface area contributed by atoms with Crippen molar-refractivity contribution in [3.8, 4) is 0 Å². The number of rotatable bonds is 52. The number of ether oxygens (including phenoxy) is 6. The predicted octanol–water partition coefficient (Wildman–Crippen LogP) is 5.90. The van der Waals surface area contributed by atoms with Crippen LogP contribution >= 0.6 is 0 Å². The number of hydrogen-bond acceptors (Lipinski definition) is 20. The van der Waals surface area contributed by atoms with Crippen molar-refractivity contribution in [3.63, 3.8) is 0 Å². The Morgan fingerprint density at radius 2 is 1.04 bits per heavy atom. The zero-order chi connectivity index (χ0) is 65.4. The molecular formula is C66H122N2O21. The summed E-state index contributed by atoms with van der Waals surface area (Å²) in [7, 11) is 0. The van der Waals surface area contributed by atoms with Crippen molar-refractivity contribution in [2.75, 3.05) is 26.4 Å². The first kappa shape index (κ1) is 80.7. The van der Waals surface area contributed by atoms with E-state index >= 15 is 0 Å². The van der Waals surface area contributed by atoms with Crippen LogP contribution in [0.2, 0.25) is 0 Å². The van der Waals surface area contributed by atoms with E-state index in [4.69, 9.17) is 28.4 Å². The molecule has 0 aromatic carbocycles. The summed E-state index contributed by atoms with van der Waals surface area (Å²) in [5, 5.41) is 136. The third-order valence-electron chi connectivity index (χ3n) is 17.7. The standard InChI is InChI=1S/C66H122N2O21/c1-4-6-8-10-12-14-16-17-18-19-20-21-22-23-24-25-26-27-28-29-30-31-33-35-37-39-48(73)47(68-53(76)40-38-36-34-32-15-13-11-9-7-5-2)45-84-63-58(80)57(79)60(52(44-71)86-63)87-64-59(81)62(56(78)51(43-70)85-64)89-66(65(82)83)41-49(74)54(67-46(3)72)61(88-66)55(77)50(75)42-69/h37,39,47-52,54-64,69-71,73-75,77-81H,4-36,38,40-45H2,1-3H3,(H,67,72)(H,68,76)(H,82,83)/b39-37+. The second-order valence-electron chi connectivity index (χ2n) is 25.4. The van der Waals surface area contributed by atoms with Gasteiger partial charge in [0.05, 0.1) is 50.7 Å². The second kappa shape index (κ2) is 47.4. The highest BCUT2D eigenvalue weighted by Crippen LogP contribution is 2.39. The molecule has 23 heteroatoms. The van der Waals surface area contributed by atoms with E-state index in [0.717, 1.165) is 51.9 Å². The third-order valence-corrected chi connectivity index (χ3v) is 17.7. The average Bonchev–Trinajstić information content (AvgIpc) is 0.913. The molecule has 522 valence electrons. The Balaban J connectivity index is 1.56. The normalized spacial score (nSPS) is 28.8. The topological polar surface area (TPSA) is 373 Å². The van der Waals surface area contributed by atoms with Gasteiger partial charge >= 0.3 is 5.97 Å². The van der Waals surface area contributed by atoms with Gasteiger partial charge in [0.25, 0.3) is 5.79 Å². The number of carbonyl (C=O) groups is 3. The van der Waals surface area contributed by atoms with Crippen LogP contribution in [0.25, 0.3) is 0 Å². The Morgan fingerprint density at radius 3 is 1.49 bits per heavy atom. The second-order valence-corrected chi connectivity index (χ2v) is 25.4. The highest BCUT2D eigenvalue weighted by Gasteiger charge is 2.60. The molecule has 3 aliphatic rings. The van der Waals surface area contributed by atoms with E-state index in [1.54, 1.807) is 6.08 Å². The van der Waals surface area contributed by atoms with Gasteiger partial charge in [0.15, 0.2) is 12.6 Å². The molecule has 0 aliphatic carbocycles. The minimum atomic E-state index is -3.08. The lowest BCUT2D eigenvalue weighted by molar-refractivity contribution is -0.386. The van der Waals surface area contributed by atoms with Crippen LogP contribution in [0, 0.1) is 0 Å². The molecule has 0 aromatic rings. The largest absolute Gasteiger partial charge is 0.477 e. The van der Waals surface area contributed by atoms with Crippen molar-refractivity contribution in [3.05, 3.63) is 12.2 Å². The summed E-state index contributed by atoms with van der Waals surface area (Å²) in [6, 6.07) is -2.61. The maximum absolute atomic E-state index is 13.4. The lowest BCUT2D eigenvalue weighted by atomic mass is 9.88. The van der Waals surface area contributed by atoms with Crippen LogP contribution in [-0.4, -0.2) is 215 Å². The zero-order valence-corrected chi connectivity index (χ0v) is 54.3. The summed E-state index contributed by atoms with van der Waals surface area (Å²) in [6.45, 7) is 2.12. The first-order valence-electron chi connectivity index (χ1n) is 34.6. The van der Waals surface area contributed by atoms with Crippen molar-refractivity contribution in [1.29, 1.82) is 0 Å². The quantitative estimate of drug-likeness (QED) is 0.0249. The number of carboxylic acid groups (broad SMARTS) is 1. The van der Waals surface area contributed by atoms with E-state index in [0.29, 0.717) is 12.8 Å². The summed E-state index contributed by atoms with van der Waals surface area (Å²) < 4.78 is 34.7. The number of unbranched alkanes of at least 4 members (excludes halogenated alkanes) is 32. The van der Waals surface area contributed by atoms with Crippen molar-refractivity contribution < 1.29 is 104 Å². The average molecular weight is 1280 g/mol. The molecule has 23 nitrogen and oxygen atoms in total. The van der Waals surface area contributed by atoms with Crippen LogP contribution in [0.15, 0.2) is 12.2 Å². The van der Waals surface area contributed by atoms with Gasteiger partial charge in [-0.05, 0) is 19.3 Å². The van der Waals surface area contributed by atoms with E-state index in [1.807, 2.05) is 6.08 Å². The summed E-state index contributed by atoms with van der Waals surface area (Å²) in [5.74, 6) is -6.14. The van der Waals surface area contributed by atoms with E-state index in [2.05, 4.69) is 24.5 Å². The van der Waals surface area contributed by atoms with Crippen molar-refractivity contribution in [1.82, 2.24) is 10.6 Å². The Labute approximate surface area is 531 Å². The fraction of sp³-hybridized carbons (Fsp3) is 0.924. The van der Waals surface area contributed by atoms with E-state index < -0.39 is 155 Å². The number of amides is 2. The number of carbonyl (C=O) groups excluding carboxylic acids is 2. The van der Waals surface area contributed by atoms with Crippen LogP contribution in [-0.2, 0) is 42.8 Å². The minimum absolute atomic E-state index is 0.203. The van der Waals surface area contributed by atoms with Crippen molar-refractivity contribution in [2.45, 2.75) is 362 Å². The van der Waals surface area contributed by atoms with Crippen LogP contribution in [0.3, 0.4) is 0 Å². The zero-order valence-electron chi connectivity index (χ0n) is 54.3. The summed E-state index contributed by atoms with van der Waals surface area (Å²) in [5.41, 5.74) is 0. The molecule has 18 atom stereocenters. The van der Waals surface area contributed by atoms with Gasteiger partial charge in [0.2, 0.25) is 11.8 Å². The molecule has 18 unspecified atom stereocenters. The van der Waals surface area contributed by atoms with Crippen LogP contribution in [0.4, 0.5) is 0 Å². The number of carboxylic acids is 1. The monoisotopic (exact) mass is 1280 g/mol. The SMILES string of the molecule is CCCCCCCCCCCCCCCCCCCCCCCCC/C=C/C(O)C(COC1OC(CO)C(OC2OC(CO)C(O)C(OC3(C(=O)O)CC(O)C(NC(C)=O)C(C(O)C(O)CO)O3)C2O)C(O)C1O)NC(=O)CCCCCCCCCCCC. The minimum Gasteiger partial charge on any atom is -0.477 e. The van der Waals surface area contributed by atoms with E-state index in [-0.39, 0.29) is 12.3 Å². The molecule has 3 heterocycles. The first-order valence-corrected chi connectivity index (χ1v) is 34.6. The molecule has 3 fully saturated rings. The maximum Gasteiger partial charge on any atom is 0.364 e. The van der Waals surface area contributed by atoms with Crippen LogP contribution < -0.4 is 10.6 Å². The molecule has 0 radical (unpaired) electrons. The fourth-order valence-electron chi connectivity index (χ4n) is 12.2. The molecule has 3 saturated heterocycles. The summed E-state index contributed by atoms with van der Waals surface area (Å²) >= 11 is 0. The Kier molecular flexibility index (Phi) is 43.0. The maximum atomic E-state index is 13.4. The van der Waals surface area contributed by atoms with Gasteiger partial charge in [-0.15, -0.1) is 0 Å². The fourth-order valence-corrected chi connectivity index (χ4v) is 12.2.